The molecule has 0 radical (unpaired) electrons. The molecule has 0 aromatic heterocycles. The summed E-state index contributed by atoms with van der Waals surface area (Å²) in [6.07, 6.45) is 2.39. The molecule has 2 rings (SSSR count). The quantitative estimate of drug-likeness (QED) is 0.776. The molecule has 1 atom stereocenters. The van der Waals surface area contributed by atoms with Crippen LogP contribution in [0.1, 0.15) is 37.0 Å². The van der Waals surface area contributed by atoms with Crippen molar-refractivity contribution in [2.45, 2.75) is 26.7 Å². The van der Waals surface area contributed by atoms with Crippen molar-refractivity contribution in [3.63, 3.8) is 0 Å². The molecule has 1 aromatic carbocycles. The zero-order valence-electron chi connectivity index (χ0n) is 11.7. The van der Waals surface area contributed by atoms with Crippen molar-refractivity contribution in [1.82, 2.24) is 4.90 Å². The van der Waals surface area contributed by atoms with Gasteiger partial charge in [0.25, 0.3) is 0 Å². The van der Waals surface area contributed by atoms with E-state index in [0.717, 1.165) is 25.6 Å². The topological polar surface area (TPSA) is 20.3 Å². The van der Waals surface area contributed by atoms with Crippen LogP contribution < -0.4 is 0 Å². The molecule has 1 heterocycles. The number of benzene rings is 1. The van der Waals surface area contributed by atoms with Crippen LogP contribution in [0.4, 0.5) is 4.39 Å². The summed E-state index contributed by atoms with van der Waals surface area (Å²) in [6.45, 7) is 7.00. The van der Waals surface area contributed by atoms with Crippen molar-refractivity contribution in [2.75, 3.05) is 19.6 Å². The Labute approximate surface area is 114 Å². The lowest BCUT2D eigenvalue weighted by Crippen LogP contribution is -2.37. The van der Waals surface area contributed by atoms with Crippen molar-refractivity contribution in [3.05, 3.63) is 35.6 Å². The number of likely N-dealkylation sites (tertiary alicyclic amines) is 1. The highest BCUT2D eigenvalue weighted by Gasteiger charge is 2.23. The number of carbonyl (C=O) groups is 1. The van der Waals surface area contributed by atoms with Crippen LogP contribution in [0, 0.1) is 17.7 Å². The standard InChI is InChI=1S/C16H22FNO/c1-12-7-9-18(10-8-12)11-13(2)16(19)14-5-3-4-6-15(14)17/h3-6,12-13H,7-11H2,1-2H3. The van der Waals surface area contributed by atoms with Crippen molar-refractivity contribution in [2.24, 2.45) is 11.8 Å². The van der Waals surface area contributed by atoms with E-state index in [2.05, 4.69) is 11.8 Å². The Bertz CT molecular complexity index is 438. The van der Waals surface area contributed by atoms with E-state index in [1.54, 1.807) is 18.2 Å². The first-order chi connectivity index (χ1) is 9.08. The van der Waals surface area contributed by atoms with Gasteiger partial charge in [-0.15, -0.1) is 0 Å². The van der Waals surface area contributed by atoms with Gasteiger partial charge in [0.2, 0.25) is 0 Å². The van der Waals surface area contributed by atoms with Gasteiger partial charge in [0, 0.05) is 12.5 Å². The second kappa shape index (κ2) is 6.29. The Balaban J connectivity index is 1.94. The Morgan fingerprint density at radius 3 is 2.63 bits per heavy atom. The van der Waals surface area contributed by atoms with Crippen LogP contribution in [0.3, 0.4) is 0 Å². The lowest BCUT2D eigenvalue weighted by atomic mass is 9.95. The summed E-state index contributed by atoms with van der Waals surface area (Å²) in [6, 6.07) is 6.25. The first-order valence-electron chi connectivity index (χ1n) is 7.09. The smallest absolute Gasteiger partial charge is 0.169 e. The van der Waals surface area contributed by atoms with Gasteiger partial charge in [-0.1, -0.05) is 26.0 Å². The number of carbonyl (C=O) groups excluding carboxylic acids is 1. The number of halogens is 1. The van der Waals surface area contributed by atoms with Crippen LogP contribution in [-0.2, 0) is 0 Å². The van der Waals surface area contributed by atoms with E-state index in [4.69, 9.17) is 0 Å². The van der Waals surface area contributed by atoms with Crippen LogP contribution >= 0.6 is 0 Å². The molecule has 1 saturated heterocycles. The van der Waals surface area contributed by atoms with Gasteiger partial charge in [0.1, 0.15) is 5.82 Å². The van der Waals surface area contributed by atoms with E-state index in [-0.39, 0.29) is 17.3 Å². The number of ketones is 1. The molecule has 0 N–H and O–H groups in total. The van der Waals surface area contributed by atoms with Gasteiger partial charge >= 0.3 is 0 Å². The summed E-state index contributed by atoms with van der Waals surface area (Å²) in [5.41, 5.74) is 0.223. The summed E-state index contributed by atoms with van der Waals surface area (Å²) in [4.78, 5) is 14.6. The van der Waals surface area contributed by atoms with Crippen molar-refractivity contribution in [3.8, 4) is 0 Å². The van der Waals surface area contributed by atoms with E-state index < -0.39 is 5.82 Å². The largest absolute Gasteiger partial charge is 0.303 e. The van der Waals surface area contributed by atoms with Gasteiger partial charge in [-0.05, 0) is 44.0 Å². The Morgan fingerprint density at radius 1 is 1.37 bits per heavy atom. The minimum atomic E-state index is -0.411. The predicted octanol–water partition coefficient (Wildman–Crippen LogP) is 3.38. The fourth-order valence-electron chi connectivity index (χ4n) is 2.64. The molecule has 1 aliphatic rings. The van der Waals surface area contributed by atoms with Crippen LogP contribution in [0.5, 0.6) is 0 Å². The fourth-order valence-corrected chi connectivity index (χ4v) is 2.64. The molecule has 2 nitrogen and oxygen atoms in total. The number of hydrogen-bond donors (Lipinski definition) is 0. The average Bonchev–Trinajstić information content (AvgIpc) is 2.41. The monoisotopic (exact) mass is 263 g/mol. The summed E-state index contributed by atoms with van der Waals surface area (Å²) in [7, 11) is 0. The molecule has 0 bridgehead atoms. The number of piperidine rings is 1. The first kappa shape index (κ1) is 14.2. The van der Waals surface area contributed by atoms with E-state index in [1.807, 2.05) is 6.92 Å². The molecule has 3 heteroatoms. The molecule has 1 aliphatic heterocycles. The van der Waals surface area contributed by atoms with Gasteiger partial charge in [0.05, 0.1) is 5.56 Å². The van der Waals surface area contributed by atoms with Gasteiger partial charge < -0.3 is 4.90 Å². The Morgan fingerprint density at radius 2 is 2.00 bits per heavy atom. The van der Waals surface area contributed by atoms with Gasteiger partial charge in [0.15, 0.2) is 5.78 Å². The summed E-state index contributed by atoms with van der Waals surface area (Å²) < 4.78 is 13.6. The normalized spacial score (nSPS) is 19.3. The minimum absolute atomic E-state index is 0.0864. The molecule has 1 aromatic rings. The molecule has 0 aliphatic carbocycles. The highest BCUT2D eigenvalue weighted by atomic mass is 19.1. The minimum Gasteiger partial charge on any atom is -0.303 e. The SMILES string of the molecule is CC1CCN(CC(C)C(=O)c2ccccc2F)CC1. The van der Waals surface area contributed by atoms with Crippen LogP contribution in [0.2, 0.25) is 0 Å². The molecule has 0 amide bonds. The summed E-state index contributed by atoms with van der Waals surface area (Å²) in [5.74, 6) is 0.141. The van der Waals surface area contributed by atoms with Crippen molar-refractivity contribution >= 4 is 5.78 Å². The second-order valence-corrected chi connectivity index (χ2v) is 5.73. The third-order valence-electron chi connectivity index (χ3n) is 4.00. The fraction of sp³-hybridized carbons (Fsp3) is 0.562. The maximum Gasteiger partial charge on any atom is 0.169 e. The average molecular weight is 263 g/mol. The molecule has 0 saturated carbocycles. The molecule has 1 unspecified atom stereocenters. The maximum atomic E-state index is 13.6. The van der Waals surface area contributed by atoms with Crippen molar-refractivity contribution in [1.29, 1.82) is 0 Å². The highest BCUT2D eigenvalue weighted by Crippen LogP contribution is 2.19. The Hall–Kier alpha value is -1.22. The van der Waals surface area contributed by atoms with Gasteiger partial charge in [-0.2, -0.15) is 0 Å². The Kier molecular flexibility index (Phi) is 4.70. The molecule has 1 fully saturated rings. The zero-order valence-corrected chi connectivity index (χ0v) is 11.7. The molecule has 104 valence electrons. The van der Waals surface area contributed by atoms with E-state index in [9.17, 15) is 9.18 Å². The van der Waals surface area contributed by atoms with E-state index in [0.29, 0.717) is 0 Å². The second-order valence-electron chi connectivity index (χ2n) is 5.73. The lowest BCUT2D eigenvalue weighted by Gasteiger charge is -2.31. The van der Waals surface area contributed by atoms with Crippen LogP contribution in [0.25, 0.3) is 0 Å². The molecule has 0 spiro atoms. The number of rotatable bonds is 4. The van der Waals surface area contributed by atoms with Gasteiger partial charge in [-0.25, -0.2) is 4.39 Å². The highest BCUT2D eigenvalue weighted by molar-refractivity contribution is 5.98. The molecular formula is C16H22FNO. The summed E-state index contributed by atoms with van der Waals surface area (Å²) in [5, 5.41) is 0. The van der Waals surface area contributed by atoms with Crippen LogP contribution in [-0.4, -0.2) is 30.3 Å². The molecular weight excluding hydrogens is 241 g/mol. The zero-order chi connectivity index (χ0) is 13.8. The number of nitrogens with zero attached hydrogens (tertiary/aromatic N) is 1. The predicted molar refractivity (Wildman–Crippen MR) is 74.7 cm³/mol. The van der Waals surface area contributed by atoms with Gasteiger partial charge in [-0.3, -0.25) is 4.79 Å². The lowest BCUT2D eigenvalue weighted by molar-refractivity contribution is 0.0869. The number of hydrogen-bond acceptors (Lipinski definition) is 2. The first-order valence-corrected chi connectivity index (χ1v) is 7.09. The van der Waals surface area contributed by atoms with Crippen LogP contribution in [0.15, 0.2) is 24.3 Å². The number of Topliss-reactive ketones (excluding diaryl/α,β-unsaturated/α-hetero) is 1. The third kappa shape index (κ3) is 3.63. The van der Waals surface area contributed by atoms with E-state index in [1.165, 1.54) is 18.9 Å². The summed E-state index contributed by atoms with van der Waals surface area (Å²) >= 11 is 0. The maximum absolute atomic E-state index is 13.6. The third-order valence-corrected chi connectivity index (χ3v) is 4.00. The molecule has 19 heavy (non-hydrogen) atoms. The van der Waals surface area contributed by atoms with Crippen molar-refractivity contribution < 1.29 is 9.18 Å². The van der Waals surface area contributed by atoms with E-state index >= 15 is 0 Å².